The summed E-state index contributed by atoms with van der Waals surface area (Å²) in [5, 5.41) is 16.8. The van der Waals surface area contributed by atoms with Crippen LogP contribution in [-0.4, -0.2) is 96.0 Å². The van der Waals surface area contributed by atoms with Gasteiger partial charge < -0.3 is 34.7 Å². The van der Waals surface area contributed by atoms with Gasteiger partial charge in [0, 0.05) is 29.4 Å². The van der Waals surface area contributed by atoms with E-state index in [2.05, 4.69) is 33.2 Å². The van der Waals surface area contributed by atoms with E-state index in [1.54, 1.807) is 20.8 Å². The number of carbonyl (C=O) groups is 4. The molecule has 1 saturated carbocycles. The molecule has 3 heterocycles. The molecule has 7 unspecified atom stereocenters. The highest BCUT2D eigenvalue weighted by atomic mass is 127. The predicted octanol–water partition coefficient (Wildman–Crippen LogP) is 0.938. The third-order valence-corrected chi connectivity index (χ3v) is 9.17. The molecule has 14 heteroatoms. The molecule has 3 aliphatic heterocycles. The third-order valence-electron chi connectivity index (χ3n) is 8.12. The summed E-state index contributed by atoms with van der Waals surface area (Å²) in [5.41, 5.74) is -1.01. The van der Waals surface area contributed by atoms with Crippen LogP contribution in [0.15, 0.2) is 24.3 Å². The lowest BCUT2D eigenvalue weighted by Gasteiger charge is -2.48. The van der Waals surface area contributed by atoms with Gasteiger partial charge in [-0.1, -0.05) is 18.2 Å². The summed E-state index contributed by atoms with van der Waals surface area (Å²) in [6.45, 7) is 5.18. The van der Waals surface area contributed by atoms with Crippen LogP contribution in [0.2, 0.25) is 0 Å². The largest absolute Gasteiger partial charge is 0.460 e. The molecule has 1 aromatic carbocycles. The van der Waals surface area contributed by atoms with Crippen molar-refractivity contribution in [2.75, 3.05) is 19.9 Å². The number of rotatable bonds is 11. The maximum Gasteiger partial charge on any atom is 0.327 e. The number of hydrogen-bond donors (Lipinski definition) is 3. The van der Waals surface area contributed by atoms with Crippen LogP contribution in [0.5, 0.6) is 0 Å². The number of hydroxylamine groups is 2. The van der Waals surface area contributed by atoms with Crippen molar-refractivity contribution < 1.29 is 48.1 Å². The molecule has 2 bridgehead atoms. The third kappa shape index (κ3) is 6.68. The quantitative estimate of drug-likeness (QED) is 0.221. The highest BCUT2D eigenvalue weighted by Crippen LogP contribution is 2.55. The van der Waals surface area contributed by atoms with Gasteiger partial charge in [-0.15, -0.1) is 0 Å². The molecular formula is C29H38IN3O10. The van der Waals surface area contributed by atoms with Crippen LogP contribution < -0.4 is 10.6 Å². The average molecular weight is 716 g/mol. The molecule has 0 spiro atoms. The number of esters is 2. The topological polar surface area (TPSA) is 162 Å². The zero-order valence-electron chi connectivity index (χ0n) is 24.4. The summed E-state index contributed by atoms with van der Waals surface area (Å²) in [4.78, 5) is 58.4. The van der Waals surface area contributed by atoms with Crippen LogP contribution in [0.4, 0.5) is 0 Å². The number of benzene rings is 1. The number of carbonyl (C=O) groups excluding carboxylic acids is 4. The van der Waals surface area contributed by atoms with E-state index in [9.17, 15) is 24.3 Å². The monoisotopic (exact) mass is 715 g/mol. The first-order valence-electron chi connectivity index (χ1n) is 14.4. The van der Waals surface area contributed by atoms with Crippen molar-refractivity contribution in [3.05, 3.63) is 33.4 Å². The summed E-state index contributed by atoms with van der Waals surface area (Å²) in [6.07, 6.45) is -2.27. The van der Waals surface area contributed by atoms with Crippen molar-refractivity contribution in [2.45, 2.75) is 95.1 Å². The van der Waals surface area contributed by atoms with Crippen LogP contribution in [0.1, 0.15) is 52.0 Å². The minimum absolute atomic E-state index is 0.00230. The maximum absolute atomic E-state index is 14.0. The van der Waals surface area contributed by atoms with E-state index in [1.165, 1.54) is 5.06 Å². The van der Waals surface area contributed by atoms with Crippen molar-refractivity contribution >= 4 is 46.3 Å². The Labute approximate surface area is 263 Å². The Morgan fingerprint density at radius 3 is 2.65 bits per heavy atom. The number of fused-ring (bicyclic) bond motifs is 4. The minimum atomic E-state index is -1.31. The number of amides is 2. The van der Waals surface area contributed by atoms with Crippen LogP contribution in [0, 0.1) is 8.99 Å². The van der Waals surface area contributed by atoms with Gasteiger partial charge in [-0.3, -0.25) is 24.0 Å². The van der Waals surface area contributed by atoms with Gasteiger partial charge in [0.15, 0.2) is 6.04 Å². The molecule has 2 amide bonds. The Morgan fingerprint density at radius 2 is 1.93 bits per heavy atom. The minimum Gasteiger partial charge on any atom is -0.460 e. The number of nitrogens with zero attached hydrogens (tertiary/aromatic N) is 1. The van der Waals surface area contributed by atoms with Crippen LogP contribution >= 0.6 is 22.6 Å². The molecule has 43 heavy (non-hydrogen) atoms. The van der Waals surface area contributed by atoms with Crippen LogP contribution in [-0.2, 0) is 49.5 Å². The highest BCUT2D eigenvalue weighted by molar-refractivity contribution is 14.1. The Bertz CT molecular complexity index is 1240. The molecule has 0 radical (unpaired) electrons. The molecule has 236 valence electrons. The van der Waals surface area contributed by atoms with Gasteiger partial charge in [0.2, 0.25) is 11.8 Å². The van der Waals surface area contributed by atoms with Gasteiger partial charge in [0.25, 0.3) is 0 Å². The van der Waals surface area contributed by atoms with Gasteiger partial charge in [-0.25, -0.2) is 0 Å². The van der Waals surface area contributed by atoms with Gasteiger partial charge in [-0.05, 0) is 61.4 Å². The Kier molecular flexibility index (Phi) is 9.63. The SMILES string of the molecule is CC(C)(C)OC(=O)CCC(CO)NC(=O)CCNC(=O)C12CC3OC(=O)C1N(Cc1ccccc1I)OC2C1OCOC31. The lowest BCUT2D eigenvalue weighted by Crippen LogP contribution is -2.69. The zero-order chi connectivity index (χ0) is 30.9. The second-order valence-corrected chi connectivity index (χ2v) is 13.4. The van der Waals surface area contributed by atoms with Crippen LogP contribution in [0.25, 0.3) is 0 Å². The van der Waals surface area contributed by atoms with E-state index in [1.807, 2.05) is 24.3 Å². The Hall–Kier alpha value is -2.37. The van der Waals surface area contributed by atoms with E-state index in [0.717, 1.165) is 9.13 Å². The molecule has 1 aliphatic carbocycles. The zero-order valence-corrected chi connectivity index (χ0v) is 26.5. The maximum atomic E-state index is 14.0. The second-order valence-electron chi connectivity index (χ2n) is 12.3. The smallest absolute Gasteiger partial charge is 0.327 e. The number of nitrogens with one attached hydrogen (secondary N) is 2. The molecule has 1 aromatic rings. The molecule has 0 aromatic heterocycles. The Balaban J connectivity index is 1.24. The molecular weight excluding hydrogens is 677 g/mol. The molecule has 3 saturated heterocycles. The number of hydrogen-bond acceptors (Lipinski definition) is 11. The van der Waals surface area contributed by atoms with Crippen molar-refractivity contribution in [1.82, 2.24) is 15.7 Å². The van der Waals surface area contributed by atoms with Gasteiger partial charge in [0.1, 0.15) is 42.2 Å². The summed E-state index contributed by atoms with van der Waals surface area (Å²) in [6, 6.07) is 6.03. The number of halogens is 1. The fourth-order valence-electron chi connectivity index (χ4n) is 6.27. The number of ether oxygens (including phenoxy) is 4. The molecule has 4 fully saturated rings. The van der Waals surface area contributed by atoms with Crippen molar-refractivity contribution in [3.8, 4) is 0 Å². The predicted molar refractivity (Wildman–Crippen MR) is 157 cm³/mol. The lowest BCUT2D eigenvalue weighted by atomic mass is 9.62. The molecule has 13 nitrogen and oxygen atoms in total. The molecule has 4 aliphatic rings. The van der Waals surface area contributed by atoms with Crippen molar-refractivity contribution in [3.63, 3.8) is 0 Å². The lowest BCUT2D eigenvalue weighted by molar-refractivity contribution is -0.201. The fraction of sp³-hybridized carbons (Fsp3) is 0.655. The molecule has 3 N–H and O–H groups in total. The summed E-state index contributed by atoms with van der Waals surface area (Å²) in [5.74, 6) is -1.82. The number of aliphatic hydroxyl groups excluding tert-OH is 1. The summed E-state index contributed by atoms with van der Waals surface area (Å²) >= 11 is 2.21. The van der Waals surface area contributed by atoms with Gasteiger partial charge in [0.05, 0.1) is 19.2 Å². The van der Waals surface area contributed by atoms with E-state index in [-0.39, 0.29) is 52.2 Å². The molecule has 5 rings (SSSR count). The average Bonchev–Trinajstić information content (AvgIpc) is 3.56. The van der Waals surface area contributed by atoms with Gasteiger partial charge in [-0.2, -0.15) is 5.06 Å². The normalized spacial score (nSPS) is 30.3. The van der Waals surface area contributed by atoms with E-state index >= 15 is 0 Å². The standard InChI is InChI=1S/C29H38IN3O10/c1-28(2,3)42-21(36)9-8-17(14-34)32-20(35)10-11-31-27(38)29-12-19-22-23(40-15-39-22)25(29)43-33(24(29)26(37)41-19)13-16-6-4-5-7-18(16)30/h4-7,17,19,22-25,34H,8-15H2,1-3H3,(H,31,38)(H,32,35). The fourth-order valence-corrected chi connectivity index (χ4v) is 6.83. The first kappa shape index (κ1) is 32.0. The molecule has 7 atom stereocenters. The van der Waals surface area contributed by atoms with Crippen LogP contribution in [0.3, 0.4) is 0 Å². The number of aliphatic hydroxyl groups is 1. The van der Waals surface area contributed by atoms with E-state index in [0.29, 0.717) is 0 Å². The summed E-state index contributed by atoms with van der Waals surface area (Å²) in [7, 11) is 0. The first-order chi connectivity index (χ1) is 20.4. The Morgan fingerprint density at radius 1 is 1.19 bits per heavy atom. The van der Waals surface area contributed by atoms with Crippen molar-refractivity contribution in [1.29, 1.82) is 0 Å². The van der Waals surface area contributed by atoms with Crippen molar-refractivity contribution in [2.24, 2.45) is 5.41 Å². The highest BCUT2D eigenvalue weighted by Gasteiger charge is 2.74. The van der Waals surface area contributed by atoms with E-state index in [4.69, 9.17) is 23.8 Å². The summed E-state index contributed by atoms with van der Waals surface area (Å²) < 4.78 is 23.6. The van der Waals surface area contributed by atoms with E-state index < -0.39 is 71.3 Å². The first-order valence-corrected chi connectivity index (χ1v) is 15.5. The second kappa shape index (κ2) is 12.9. The van der Waals surface area contributed by atoms with Gasteiger partial charge >= 0.3 is 11.9 Å².